The van der Waals surface area contributed by atoms with Crippen LogP contribution in [-0.4, -0.2) is 10.1 Å². The molecular formula is C12H10BrNO2. The fourth-order valence-electron chi connectivity index (χ4n) is 1.28. The van der Waals surface area contributed by atoms with Crippen LogP contribution >= 0.6 is 15.9 Å². The molecular weight excluding hydrogens is 270 g/mol. The molecule has 16 heavy (non-hydrogen) atoms. The van der Waals surface area contributed by atoms with Crippen molar-refractivity contribution >= 4 is 15.9 Å². The van der Waals surface area contributed by atoms with Crippen LogP contribution in [0, 0.1) is 6.92 Å². The summed E-state index contributed by atoms with van der Waals surface area (Å²) >= 11 is 3.33. The second-order valence-electron chi connectivity index (χ2n) is 3.35. The second-order valence-corrected chi connectivity index (χ2v) is 4.26. The first-order valence-electron chi connectivity index (χ1n) is 4.75. The number of aromatic hydroxyl groups is 1. The zero-order valence-corrected chi connectivity index (χ0v) is 10.2. The highest BCUT2D eigenvalue weighted by Gasteiger charge is 2.06. The normalized spacial score (nSPS) is 10.1. The lowest BCUT2D eigenvalue weighted by Crippen LogP contribution is -1.91. The summed E-state index contributed by atoms with van der Waals surface area (Å²) in [5.41, 5.74) is 0.901. The summed E-state index contributed by atoms with van der Waals surface area (Å²) in [7, 11) is 0. The molecule has 0 aliphatic carbocycles. The first kappa shape index (κ1) is 11.0. The van der Waals surface area contributed by atoms with Crippen molar-refractivity contribution in [2.45, 2.75) is 6.92 Å². The van der Waals surface area contributed by atoms with Crippen LogP contribution in [0.5, 0.6) is 17.4 Å². The predicted octanol–water partition coefficient (Wildman–Crippen LogP) is 3.65. The molecule has 0 saturated carbocycles. The number of nitrogens with zero attached hydrogens (tertiary/aromatic N) is 1. The van der Waals surface area contributed by atoms with Crippen LogP contribution in [0.3, 0.4) is 0 Å². The summed E-state index contributed by atoms with van der Waals surface area (Å²) in [6.45, 7) is 1.90. The number of phenolic OH excluding ortho intramolecular Hbond substituents is 1. The molecule has 0 amide bonds. The monoisotopic (exact) mass is 279 g/mol. The number of phenols is 1. The second kappa shape index (κ2) is 4.53. The maximum Gasteiger partial charge on any atom is 0.222 e. The van der Waals surface area contributed by atoms with Crippen molar-refractivity contribution in [1.29, 1.82) is 0 Å². The number of para-hydroxylation sites is 2. The zero-order valence-electron chi connectivity index (χ0n) is 8.64. The van der Waals surface area contributed by atoms with Crippen molar-refractivity contribution in [3.63, 3.8) is 0 Å². The van der Waals surface area contributed by atoms with E-state index in [9.17, 15) is 5.11 Å². The lowest BCUT2D eigenvalue weighted by atomic mass is 10.3. The van der Waals surface area contributed by atoms with Crippen LogP contribution in [0.15, 0.2) is 41.0 Å². The minimum absolute atomic E-state index is 0.103. The topological polar surface area (TPSA) is 42.4 Å². The van der Waals surface area contributed by atoms with Gasteiger partial charge in [0.05, 0.1) is 0 Å². The van der Waals surface area contributed by atoms with E-state index in [1.54, 1.807) is 30.5 Å². The van der Waals surface area contributed by atoms with E-state index in [2.05, 4.69) is 20.9 Å². The number of hydrogen-bond acceptors (Lipinski definition) is 3. The van der Waals surface area contributed by atoms with Gasteiger partial charge in [0.15, 0.2) is 11.5 Å². The van der Waals surface area contributed by atoms with Gasteiger partial charge in [-0.2, -0.15) is 0 Å². The number of ether oxygens (including phenoxy) is 1. The SMILES string of the molecule is Cc1cc(Br)cnc1Oc1ccccc1O. The highest BCUT2D eigenvalue weighted by atomic mass is 79.9. The Bertz CT molecular complexity index is 514. The first-order chi connectivity index (χ1) is 7.66. The number of pyridine rings is 1. The molecule has 0 radical (unpaired) electrons. The van der Waals surface area contributed by atoms with Crippen LogP contribution in [0.4, 0.5) is 0 Å². The average molecular weight is 280 g/mol. The molecule has 3 nitrogen and oxygen atoms in total. The molecule has 1 aromatic carbocycles. The standard InChI is InChI=1S/C12H10BrNO2/c1-8-6-9(13)7-14-12(8)16-11-5-3-2-4-10(11)15/h2-7,15H,1H3. The van der Waals surface area contributed by atoms with Crippen LogP contribution < -0.4 is 4.74 Å². The van der Waals surface area contributed by atoms with Gasteiger partial charge >= 0.3 is 0 Å². The zero-order chi connectivity index (χ0) is 11.5. The summed E-state index contributed by atoms with van der Waals surface area (Å²) in [5.74, 6) is 0.997. The summed E-state index contributed by atoms with van der Waals surface area (Å²) in [6, 6.07) is 8.71. The Morgan fingerprint density at radius 2 is 2.06 bits per heavy atom. The molecule has 0 bridgehead atoms. The van der Waals surface area contributed by atoms with Gasteiger partial charge in [0.2, 0.25) is 5.88 Å². The Kier molecular flexibility index (Phi) is 3.10. The molecule has 1 aromatic heterocycles. The van der Waals surface area contributed by atoms with Gasteiger partial charge < -0.3 is 9.84 Å². The Labute approximate surface area is 102 Å². The van der Waals surface area contributed by atoms with E-state index in [0.29, 0.717) is 11.6 Å². The van der Waals surface area contributed by atoms with Gasteiger partial charge in [0.1, 0.15) is 0 Å². The molecule has 0 spiro atoms. The summed E-state index contributed by atoms with van der Waals surface area (Å²) in [6.07, 6.45) is 1.66. The largest absolute Gasteiger partial charge is 0.504 e. The Morgan fingerprint density at radius 1 is 1.31 bits per heavy atom. The van der Waals surface area contributed by atoms with Crippen molar-refractivity contribution in [3.05, 3.63) is 46.6 Å². The van der Waals surface area contributed by atoms with Crippen LogP contribution in [0.1, 0.15) is 5.56 Å². The van der Waals surface area contributed by atoms with Gasteiger partial charge in [-0.15, -0.1) is 0 Å². The highest BCUT2D eigenvalue weighted by Crippen LogP contribution is 2.30. The lowest BCUT2D eigenvalue weighted by molar-refractivity contribution is 0.401. The van der Waals surface area contributed by atoms with E-state index in [4.69, 9.17) is 4.74 Å². The fraction of sp³-hybridized carbons (Fsp3) is 0.0833. The van der Waals surface area contributed by atoms with Crippen molar-refractivity contribution in [1.82, 2.24) is 4.98 Å². The Balaban J connectivity index is 2.31. The molecule has 2 rings (SSSR count). The lowest BCUT2D eigenvalue weighted by Gasteiger charge is -2.08. The van der Waals surface area contributed by atoms with E-state index in [1.807, 2.05) is 13.0 Å². The molecule has 1 heterocycles. The number of hydrogen-bond donors (Lipinski definition) is 1. The summed E-state index contributed by atoms with van der Waals surface area (Å²) in [5, 5.41) is 9.56. The number of benzene rings is 1. The maximum absolute atomic E-state index is 9.56. The minimum atomic E-state index is 0.103. The molecule has 0 fully saturated rings. The van der Waals surface area contributed by atoms with E-state index < -0.39 is 0 Å². The van der Waals surface area contributed by atoms with Crippen molar-refractivity contribution in [2.75, 3.05) is 0 Å². The molecule has 82 valence electrons. The average Bonchev–Trinajstić information content (AvgIpc) is 2.25. The Hall–Kier alpha value is -1.55. The van der Waals surface area contributed by atoms with Gasteiger partial charge in [-0.3, -0.25) is 0 Å². The summed E-state index contributed by atoms with van der Waals surface area (Å²) < 4.78 is 6.41. The molecule has 0 atom stereocenters. The summed E-state index contributed by atoms with van der Waals surface area (Å²) in [4.78, 5) is 4.13. The van der Waals surface area contributed by atoms with Gasteiger partial charge in [-0.25, -0.2) is 4.98 Å². The number of halogens is 1. The molecule has 0 saturated heterocycles. The quantitative estimate of drug-likeness (QED) is 0.913. The van der Waals surface area contributed by atoms with E-state index in [1.165, 1.54) is 0 Å². The molecule has 1 N–H and O–H groups in total. The molecule has 4 heteroatoms. The van der Waals surface area contributed by atoms with Gasteiger partial charge in [-0.1, -0.05) is 12.1 Å². The first-order valence-corrected chi connectivity index (χ1v) is 5.54. The third kappa shape index (κ3) is 2.33. The van der Waals surface area contributed by atoms with Crippen LogP contribution in [0.2, 0.25) is 0 Å². The predicted molar refractivity (Wildman–Crippen MR) is 64.9 cm³/mol. The molecule has 0 aliphatic heterocycles. The third-order valence-electron chi connectivity index (χ3n) is 2.07. The van der Waals surface area contributed by atoms with Crippen molar-refractivity contribution < 1.29 is 9.84 Å². The third-order valence-corrected chi connectivity index (χ3v) is 2.50. The smallest absolute Gasteiger partial charge is 0.222 e. The molecule has 0 unspecified atom stereocenters. The fourth-order valence-corrected chi connectivity index (χ4v) is 1.73. The minimum Gasteiger partial charge on any atom is -0.504 e. The van der Waals surface area contributed by atoms with Gasteiger partial charge in [0, 0.05) is 16.2 Å². The number of rotatable bonds is 2. The Morgan fingerprint density at radius 3 is 2.75 bits per heavy atom. The van der Waals surface area contributed by atoms with Crippen LogP contribution in [-0.2, 0) is 0 Å². The number of aryl methyl sites for hydroxylation is 1. The van der Waals surface area contributed by atoms with Crippen molar-refractivity contribution in [3.8, 4) is 17.4 Å². The number of aromatic nitrogens is 1. The van der Waals surface area contributed by atoms with E-state index >= 15 is 0 Å². The molecule has 0 aliphatic rings. The van der Waals surface area contributed by atoms with Gasteiger partial charge in [-0.05, 0) is 41.1 Å². The van der Waals surface area contributed by atoms with E-state index in [-0.39, 0.29) is 5.75 Å². The maximum atomic E-state index is 9.56. The van der Waals surface area contributed by atoms with Crippen molar-refractivity contribution in [2.24, 2.45) is 0 Å². The van der Waals surface area contributed by atoms with E-state index in [0.717, 1.165) is 10.0 Å². The van der Waals surface area contributed by atoms with Gasteiger partial charge in [0.25, 0.3) is 0 Å². The molecule has 2 aromatic rings. The van der Waals surface area contributed by atoms with Crippen LogP contribution in [0.25, 0.3) is 0 Å². The highest BCUT2D eigenvalue weighted by molar-refractivity contribution is 9.10.